The normalized spacial score (nSPS) is 9.95. The van der Waals surface area contributed by atoms with Crippen LogP contribution in [0.25, 0.3) is 10.4 Å². The van der Waals surface area contributed by atoms with Crippen molar-refractivity contribution in [1.82, 2.24) is 4.98 Å². The highest BCUT2D eigenvalue weighted by Crippen LogP contribution is 2.28. The van der Waals surface area contributed by atoms with Crippen molar-refractivity contribution < 1.29 is 4.79 Å². The quantitative estimate of drug-likeness (QED) is 0.797. The van der Waals surface area contributed by atoms with Crippen molar-refractivity contribution in [3.63, 3.8) is 0 Å². The van der Waals surface area contributed by atoms with Crippen LogP contribution in [0.4, 0.5) is 5.69 Å². The first-order valence-corrected chi connectivity index (χ1v) is 7.46. The molecule has 1 amide bonds. The van der Waals surface area contributed by atoms with E-state index in [2.05, 4.69) is 10.3 Å². The molecule has 0 aliphatic carbocycles. The maximum absolute atomic E-state index is 12.4. The highest BCUT2D eigenvalue weighted by atomic mass is 32.1. The minimum absolute atomic E-state index is 0.282. The fourth-order valence-electron chi connectivity index (χ4n) is 2.06. The van der Waals surface area contributed by atoms with Crippen LogP contribution < -0.4 is 5.32 Å². The first-order valence-electron chi connectivity index (χ1n) is 6.58. The fourth-order valence-corrected chi connectivity index (χ4v) is 2.85. The lowest BCUT2D eigenvalue weighted by atomic mass is 10.1. The molecule has 0 bridgehead atoms. The van der Waals surface area contributed by atoms with E-state index < -0.39 is 0 Å². The van der Waals surface area contributed by atoms with Crippen LogP contribution in [0, 0.1) is 11.3 Å². The van der Waals surface area contributed by atoms with Crippen LogP contribution in [0.1, 0.15) is 16.1 Å². The molecule has 106 valence electrons. The summed E-state index contributed by atoms with van der Waals surface area (Å²) in [5.74, 6) is -0.282. The van der Waals surface area contributed by atoms with Crippen LogP contribution in [0.15, 0.2) is 60.1 Å². The molecule has 0 unspecified atom stereocenters. The molecule has 0 spiro atoms. The predicted molar refractivity (Wildman–Crippen MR) is 86.7 cm³/mol. The molecule has 2 aromatic carbocycles. The van der Waals surface area contributed by atoms with E-state index >= 15 is 0 Å². The van der Waals surface area contributed by atoms with Gasteiger partial charge in [-0.15, -0.1) is 11.3 Å². The van der Waals surface area contributed by atoms with E-state index in [0.29, 0.717) is 16.9 Å². The molecule has 0 aliphatic heterocycles. The van der Waals surface area contributed by atoms with Crippen LogP contribution in [-0.2, 0) is 0 Å². The Morgan fingerprint density at radius 3 is 2.73 bits per heavy atom. The largest absolute Gasteiger partial charge is 0.321 e. The molecule has 1 aromatic heterocycles. The molecule has 0 aliphatic rings. The topological polar surface area (TPSA) is 65.8 Å². The van der Waals surface area contributed by atoms with Gasteiger partial charge in [-0.05, 0) is 23.8 Å². The standard InChI is InChI=1S/C17H11N3OS/c18-10-12-5-4-8-14(9-12)20-17(21)15-16(22-11-19-15)13-6-2-1-3-7-13/h1-9,11H,(H,20,21). The zero-order valence-corrected chi connectivity index (χ0v) is 12.3. The second-order valence-electron chi connectivity index (χ2n) is 4.54. The first kappa shape index (κ1) is 14.0. The number of carbonyl (C=O) groups is 1. The van der Waals surface area contributed by atoms with E-state index in [9.17, 15) is 4.79 Å². The van der Waals surface area contributed by atoms with Crippen LogP contribution in [-0.4, -0.2) is 10.9 Å². The molecule has 0 atom stereocenters. The number of nitrogens with zero attached hydrogens (tertiary/aromatic N) is 2. The lowest BCUT2D eigenvalue weighted by Gasteiger charge is -2.05. The summed E-state index contributed by atoms with van der Waals surface area (Å²) in [5.41, 5.74) is 4.08. The van der Waals surface area contributed by atoms with Crippen molar-refractivity contribution in [2.75, 3.05) is 5.32 Å². The summed E-state index contributed by atoms with van der Waals surface area (Å²) in [6.07, 6.45) is 0. The molecule has 0 saturated carbocycles. The summed E-state index contributed by atoms with van der Waals surface area (Å²) >= 11 is 1.42. The molecule has 0 fully saturated rings. The van der Waals surface area contributed by atoms with Crippen LogP contribution in [0.5, 0.6) is 0 Å². The molecule has 1 heterocycles. The second kappa shape index (κ2) is 6.20. The Kier molecular flexibility index (Phi) is 3.95. The van der Waals surface area contributed by atoms with Crippen LogP contribution in [0.3, 0.4) is 0 Å². The number of aromatic nitrogens is 1. The van der Waals surface area contributed by atoms with Crippen LogP contribution >= 0.6 is 11.3 Å². The number of benzene rings is 2. The van der Waals surface area contributed by atoms with Gasteiger partial charge in [0.05, 0.1) is 22.0 Å². The van der Waals surface area contributed by atoms with Crippen molar-refractivity contribution in [2.45, 2.75) is 0 Å². The van der Waals surface area contributed by atoms with Gasteiger partial charge < -0.3 is 5.32 Å². The van der Waals surface area contributed by atoms with Crippen molar-refractivity contribution in [3.8, 4) is 16.5 Å². The van der Waals surface area contributed by atoms with Gasteiger partial charge in [-0.2, -0.15) is 5.26 Å². The molecular formula is C17H11N3OS. The molecule has 1 N–H and O–H groups in total. The average Bonchev–Trinajstić information content (AvgIpc) is 3.05. The molecule has 3 rings (SSSR count). The van der Waals surface area contributed by atoms with Gasteiger partial charge in [0.1, 0.15) is 5.69 Å². The Morgan fingerprint density at radius 1 is 1.14 bits per heavy atom. The number of carbonyl (C=O) groups excluding carboxylic acids is 1. The van der Waals surface area contributed by atoms with Crippen LogP contribution in [0.2, 0.25) is 0 Å². The predicted octanol–water partition coefficient (Wildman–Crippen LogP) is 3.93. The maximum atomic E-state index is 12.4. The number of hydrogen-bond donors (Lipinski definition) is 1. The Hall–Kier alpha value is -2.97. The Morgan fingerprint density at radius 2 is 1.95 bits per heavy atom. The molecular weight excluding hydrogens is 294 g/mol. The molecule has 22 heavy (non-hydrogen) atoms. The number of amides is 1. The Balaban J connectivity index is 1.88. The lowest BCUT2D eigenvalue weighted by molar-refractivity contribution is 0.102. The van der Waals surface area contributed by atoms with E-state index in [1.165, 1.54) is 11.3 Å². The molecule has 0 saturated heterocycles. The number of rotatable bonds is 3. The van der Waals surface area contributed by atoms with Gasteiger partial charge in [0.25, 0.3) is 5.91 Å². The van der Waals surface area contributed by atoms with Gasteiger partial charge in [0.2, 0.25) is 0 Å². The third-order valence-electron chi connectivity index (χ3n) is 3.07. The SMILES string of the molecule is N#Cc1cccc(NC(=O)c2ncsc2-c2ccccc2)c1. The Labute approximate surface area is 131 Å². The number of thiazole rings is 1. The smallest absolute Gasteiger partial charge is 0.275 e. The molecule has 3 aromatic rings. The highest BCUT2D eigenvalue weighted by Gasteiger charge is 2.16. The summed E-state index contributed by atoms with van der Waals surface area (Å²) in [6, 6.07) is 18.5. The average molecular weight is 305 g/mol. The van der Waals surface area contributed by atoms with Crippen molar-refractivity contribution in [3.05, 3.63) is 71.4 Å². The number of anilines is 1. The van der Waals surface area contributed by atoms with Gasteiger partial charge in [-0.3, -0.25) is 4.79 Å². The summed E-state index contributed by atoms with van der Waals surface area (Å²) in [6.45, 7) is 0. The van der Waals surface area contributed by atoms with Crippen molar-refractivity contribution in [1.29, 1.82) is 5.26 Å². The van der Waals surface area contributed by atoms with E-state index in [1.807, 2.05) is 36.4 Å². The Bertz CT molecular complexity index is 850. The van der Waals surface area contributed by atoms with Crippen molar-refractivity contribution in [2.24, 2.45) is 0 Å². The van der Waals surface area contributed by atoms with Gasteiger partial charge in [-0.1, -0.05) is 36.4 Å². The number of hydrogen-bond acceptors (Lipinski definition) is 4. The second-order valence-corrected chi connectivity index (χ2v) is 5.40. The minimum Gasteiger partial charge on any atom is -0.321 e. The number of nitriles is 1. The van der Waals surface area contributed by atoms with Crippen molar-refractivity contribution >= 4 is 22.9 Å². The van der Waals surface area contributed by atoms with E-state index in [0.717, 1.165) is 10.4 Å². The zero-order valence-electron chi connectivity index (χ0n) is 11.5. The maximum Gasteiger partial charge on any atom is 0.275 e. The van der Waals surface area contributed by atoms with E-state index in [1.54, 1.807) is 29.8 Å². The van der Waals surface area contributed by atoms with Gasteiger partial charge >= 0.3 is 0 Å². The fraction of sp³-hybridized carbons (Fsp3) is 0. The number of nitrogens with one attached hydrogen (secondary N) is 1. The summed E-state index contributed by atoms with van der Waals surface area (Å²) < 4.78 is 0. The molecule has 4 nitrogen and oxygen atoms in total. The third kappa shape index (κ3) is 2.87. The van der Waals surface area contributed by atoms with Gasteiger partial charge in [0.15, 0.2) is 0 Å². The van der Waals surface area contributed by atoms with E-state index in [-0.39, 0.29) is 5.91 Å². The molecule has 5 heteroatoms. The summed E-state index contributed by atoms with van der Waals surface area (Å²) in [7, 11) is 0. The minimum atomic E-state index is -0.282. The first-order chi connectivity index (χ1) is 10.8. The summed E-state index contributed by atoms with van der Waals surface area (Å²) in [4.78, 5) is 17.4. The van der Waals surface area contributed by atoms with E-state index in [4.69, 9.17) is 5.26 Å². The third-order valence-corrected chi connectivity index (χ3v) is 3.94. The van der Waals surface area contributed by atoms with Gasteiger partial charge in [-0.25, -0.2) is 4.98 Å². The summed E-state index contributed by atoms with van der Waals surface area (Å²) in [5, 5.41) is 11.7. The van der Waals surface area contributed by atoms with Gasteiger partial charge in [0, 0.05) is 5.69 Å². The monoisotopic (exact) mass is 305 g/mol. The highest BCUT2D eigenvalue weighted by molar-refractivity contribution is 7.13. The zero-order chi connectivity index (χ0) is 15.4. The lowest BCUT2D eigenvalue weighted by Crippen LogP contribution is -2.13. The molecule has 0 radical (unpaired) electrons.